The Bertz CT molecular complexity index is 1050. The number of imide groups is 1. The zero-order valence-electron chi connectivity index (χ0n) is 17.3. The largest absolute Gasteiger partial charge is 0.493 e. The molecule has 0 bridgehead atoms. The molecule has 7 nitrogen and oxygen atoms in total. The third-order valence-electron chi connectivity index (χ3n) is 5.04. The molecule has 2 aromatic rings. The Morgan fingerprint density at radius 3 is 2.52 bits per heavy atom. The normalized spacial score (nSPS) is 14.7. The molecule has 0 atom stereocenters. The highest BCUT2D eigenvalue weighted by Gasteiger charge is 2.35. The lowest BCUT2D eigenvalue weighted by Gasteiger charge is -2.16. The fourth-order valence-corrected chi connectivity index (χ4v) is 3.56. The van der Waals surface area contributed by atoms with Gasteiger partial charge in [-0.15, -0.1) is 0 Å². The molecule has 1 saturated heterocycles. The molecule has 1 aromatic heterocycles. The first-order chi connectivity index (χ1) is 14.6. The maximum atomic E-state index is 13.3. The quantitative estimate of drug-likeness (QED) is 0.354. The minimum Gasteiger partial charge on any atom is -0.493 e. The van der Waals surface area contributed by atoms with Crippen molar-refractivity contribution >= 4 is 22.9 Å². The van der Waals surface area contributed by atoms with Gasteiger partial charge in [-0.2, -0.15) is 13.2 Å². The van der Waals surface area contributed by atoms with Gasteiger partial charge in [-0.25, -0.2) is 9.59 Å². The Hall–Kier alpha value is -3.04. The Morgan fingerprint density at radius 1 is 1.16 bits per heavy atom. The topological polar surface area (TPSA) is 80.1 Å². The van der Waals surface area contributed by atoms with Gasteiger partial charge in [-0.3, -0.25) is 9.69 Å². The van der Waals surface area contributed by atoms with Crippen LogP contribution in [0.2, 0.25) is 0 Å². The highest BCUT2D eigenvalue weighted by molar-refractivity contribution is 6.01. The summed E-state index contributed by atoms with van der Waals surface area (Å²) in [6.45, 7) is 2.43. The lowest BCUT2D eigenvalue weighted by Crippen LogP contribution is -2.32. The van der Waals surface area contributed by atoms with E-state index in [-0.39, 0.29) is 42.6 Å². The summed E-state index contributed by atoms with van der Waals surface area (Å²) in [6, 6.07) is 2.82. The Labute approximate surface area is 176 Å². The molecule has 1 aliphatic rings. The number of ether oxygens (including phenoxy) is 1. The highest BCUT2D eigenvalue weighted by Crippen LogP contribution is 2.37. The van der Waals surface area contributed by atoms with Crippen molar-refractivity contribution in [1.29, 1.82) is 0 Å². The van der Waals surface area contributed by atoms with Crippen LogP contribution in [0.4, 0.5) is 18.0 Å². The van der Waals surface area contributed by atoms with Crippen LogP contribution in [0, 0.1) is 0 Å². The van der Waals surface area contributed by atoms with Gasteiger partial charge >= 0.3 is 17.8 Å². The molecule has 3 amide bonds. The number of halogens is 3. The molecule has 3 rings (SSSR count). The molecule has 0 radical (unpaired) electrons. The number of unbranched alkanes of at least 4 members (excludes halogenated alkanes) is 1. The first-order valence-corrected chi connectivity index (χ1v) is 9.98. The minimum atomic E-state index is -4.68. The number of hydrogen-bond donors (Lipinski definition) is 0. The Balaban J connectivity index is 1.73. The third kappa shape index (κ3) is 4.83. The van der Waals surface area contributed by atoms with Crippen LogP contribution in [-0.2, 0) is 17.4 Å². The number of aryl methyl sites for hydroxylation is 1. The van der Waals surface area contributed by atoms with Crippen LogP contribution in [0.5, 0.6) is 5.75 Å². The predicted molar refractivity (Wildman–Crippen MR) is 106 cm³/mol. The first-order valence-electron chi connectivity index (χ1n) is 9.98. The van der Waals surface area contributed by atoms with Crippen molar-refractivity contribution in [3.63, 3.8) is 0 Å². The van der Waals surface area contributed by atoms with Gasteiger partial charge in [0.15, 0.2) is 0 Å². The second-order valence-corrected chi connectivity index (χ2v) is 7.39. The molecule has 0 N–H and O–H groups in total. The maximum absolute atomic E-state index is 13.3. The van der Waals surface area contributed by atoms with Crippen LogP contribution in [-0.4, -0.2) is 48.5 Å². The van der Waals surface area contributed by atoms with Crippen LogP contribution in [0.15, 0.2) is 27.4 Å². The van der Waals surface area contributed by atoms with Crippen LogP contribution >= 0.6 is 0 Å². The van der Waals surface area contributed by atoms with Crippen molar-refractivity contribution in [2.45, 2.75) is 38.8 Å². The zero-order valence-corrected chi connectivity index (χ0v) is 17.3. The van der Waals surface area contributed by atoms with E-state index in [0.29, 0.717) is 43.1 Å². The van der Waals surface area contributed by atoms with Crippen molar-refractivity contribution in [3.8, 4) is 5.75 Å². The first kappa shape index (κ1) is 22.6. The van der Waals surface area contributed by atoms with Crippen LogP contribution < -0.4 is 10.4 Å². The molecular formula is C21H23F3N2O5. The van der Waals surface area contributed by atoms with Crippen molar-refractivity contribution in [2.75, 3.05) is 26.7 Å². The number of likely N-dealkylation sites (N-methyl/N-ethyl adjacent to an activating group) is 1. The van der Waals surface area contributed by atoms with E-state index in [9.17, 15) is 27.6 Å². The summed E-state index contributed by atoms with van der Waals surface area (Å²) in [6.07, 6.45) is -2.65. The van der Waals surface area contributed by atoms with Crippen molar-refractivity contribution in [2.24, 2.45) is 0 Å². The van der Waals surface area contributed by atoms with Gasteiger partial charge in [0.05, 0.1) is 12.2 Å². The minimum absolute atomic E-state index is 0.0674. The van der Waals surface area contributed by atoms with E-state index >= 15 is 0 Å². The van der Waals surface area contributed by atoms with Crippen LogP contribution in [0.1, 0.15) is 37.3 Å². The summed E-state index contributed by atoms with van der Waals surface area (Å²) < 4.78 is 50.9. The molecule has 31 heavy (non-hydrogen) atoms. The average molecular weight is 440 g/mol. The summed E-state index contributed by atoms with van der Waals surface area (Å²) >= 11 is 0. The van der Waals surface area contributed by atoms with Gasteiger partial charge < -0.3 is 14.1 Å². The monoisotopic (exact) mass is 440 g/mol. The van der Waals surface area contributed by atoms with Crippen molar-refractivity contribution in [1.82, 2.24) is 9.80 Å². The van der Waals surface area contributed by atoms with E-state index in [1.54, 1.807) is 7.05 Å². The number of fused-ring (bicyclic) bond motifs is 1. The molecule has 2 heterocycles. The molecule has 0 aliphatic carbocycles. The fraction of sp³-hybridized carbons (Fsp3) is 0.476. The highest BCUT2D eigenvalue weighted by atomic mass is 19.4. The smallest absolute Gasteiger partial charge is 0.417 e. The Kier molecular flexibility index (Phi) is 6.56. The molecule has 0 unspecified atom stereocenters. The lowest BCUT2D eigenvalue weighted by atomic mass is 10.0. The number of rotatable bonds is 8. The molecule has 0 spiro atoms. The van der Waals surface area contributed by atoms with Gasteiger partial charge in [-0.1, -0.05) is 13.3 Å². The number of hydrogen-bond acceptors (Lipinski definition) is 5. The number of benzene rings is 1. The molecule has 1 aliphatic heterocycles. The molecule has 168 valence electrons. The summed E-state index contributed by atoms with van der Waals surface area (Å²) in [4.78, 5) is 37.9. The van der Waals surface area contributed by atoms with Gasteiger partial charge in [-0.05, 0) is 31.4 Å². The van der Waals surface area contributed by atoms with E-state index in [1.165, 1.54) is 21.9 Å². The average Bonchev–Trinajstić information content (AvgIpc) is 2.93. The number of urea groups is 1. The third-order valence-corrected chi connectivity index (χ3v) is 5.04. The van der Waals surface area contributed by atoms with Crippen LogP contribution in [0.25, 0.3) is 11.0 Å². The van der Waals surface area contributed by atoms with Crippen molar-refractivity contribution < 1.29 is 31.9 Å². The maximum Gasteiger partial charge on any atom is 0.417 e. The SMILES string of the molecule is CCCc1c(OCCCCN2C(=O)CN(C)C2=O)ccc2c(C(F)(F)F)cc(=O)oc12. The van der Waals surface area contributed by atoms with E-state index in [0.717, 1.165) is 0 Å². The van der Waals surface area contributed by atoms with Gasteiger partial charge in [0.1, 0.15) is 17.9 Å². The van der Waals surface area contributed by atoms with Gasteiger partial charge in [0.25, 0.3) is 0 Å². The molecule has 0 saturated carbocycles. The lowest BCUT2D eigenvalue weighted by molar-refractivity contribution is -0.136. The number of alkyl halides is 3. The van der Waals surface area contributed by atoms with E-state index in [2.05, 4.69) is 0 Å². The predicted octanol–water partition coefficient (Wildman–Crippen LogP) is 3.82. The van der Waals surface area contributed by atoms with Gasteiger partial charge in [0.2, 0.25) is 5.91 Å². The second kappa shape index (κ2) is 8.99. The number of carbonyl (C=O) groups is 2. The molecule has 10 heteroatoms. The summed E-state index contributed by atoms with van der Waals surface area (Å²) in [5.41, 5.74) is -1.81. The molecular weight excluding hydrogens is 417 g/mol. The van der Waals surface area contributed by atoms with Crippen LogP contribution in [0.3, 0.4) is 0 Å². The summed E-state index contributed by atoms with van der Waals surface area (Å²) in [7, 11) is 1.56. The number of nitrogens with zero attached hydrogens (tertiary/aromatic N) is 2. The number of carbonyl (C=O) groups excluding carboxylic acids is 2. The van der Waals surface area contributed by atoms with Gasteiger partial charge in [0, 0.05) is 30.6 Å². The summed E-state index contributed by atoms with van der Waals surface area (Å²) in [5, 5.41) is -0.182. The standard InChI is InChI=1S/C21H23F3N2O5/c1-3-6-14-16(30-10-5-4-9-26-17(27)12-25(2)20(26)29)8-7-13-15(21(22,23)24)11-18(28)31-19(13)14/h7-8,11H,3-6,9-10,12H2,1-2H3. The zero-order chi connectivity index (χ0) is 22.8. The fourth-order valence-electron chi connectivity index (χ4n) is 3.56. The van der Waals surface area contributed by atoms with E-state index in [4.69, 9.17) is 9.15 Å². The summed E-state index contributed by atoms with van der Waals surface area (Å²) in [5.74, 6) is 0.105. The van der Waals surface area contributed by atoms with E-state index in [1.807, 2.05) is 6.92 Å². The van der Waals surface area contributed by atoms with E-state index < -0.39 is 17.4 Å². The second-order valence-electron chi connectivity index (χ2n) is 7.39. The Morgan fingerprint density at radius 2 is 1.90 bits per heavy atom. The molecule has 1 aromatic carbocycles. The molecule has 1 fully saturated rings. The number of amides is 3. The van der Waals surface area contributed by atoms with Crippen molar-refractivity contribution in [3.05, 3.63) is 39.7 Å².